The van der Waals surface area contributed by atoms with E-state index in [1.54, 1.807) is 45.4 Å². The summed E-state index contributed by atoms with van der Waals surface area (Å²) in [5.74, 6) is 0.991. The molecule has 0 N–H and O–H groups in total. The Morgan fingerprint density at radius 2 is 1.56 bits per heavy atom. The maximum absolute atomic E-state index is 14.2. The lowest BCUT2D eigenvalue weighted by atomic mass is 9.78. The second-order valence-electron chi connectivity index (χ2n) is 9.15. The van der Waals surface area contributed by atoms with Gasteiger partial charge >= 0.3 is 0 Å². The fourth-order valence-corrected chi connectivity index (χ4v) is 5.40. The lowest BCUT2D eigenvalue weighted by Crippen LogP contribution is -2.48. The SMILES string of the molecule is COc1ccc([C@@H]2[C@@H](C(=O)N(C)C3CCCCC3)c3cc(OC)c(OC)cc3C(=O)N2C)cc1. The van der Waals surface area contributed by atoms with Crippen molar-refractivity contribution in [2.24, 2.45) is 0 Å². The fraction of sp³-hybridized carbons (Fsp3) is 0.481. The van der Waals surface area contributed by atoms with Gasteiger partial charge < -0.3 is 24.0 Å². The van der Waals surface area contributed by atoms with E-state index in [1.807, 2.05) is 36.2 Å². The van der Waals surface area contributed by atoms with E-state index in [2.05, 4.69) is 0 Å². The van der Waals surface area contributed by atoms with Crippen molar-refractivity contribution >= 4 is 11.8 Å². The summed E-state index contributed by atoms with van der Waals surface area (Å²) in [5, 5.41) is 0. The van der Waals surface area contributed by atoms with Crippen molar-refractivity contribution < 1.29 is 23.8 Å². The third-order valence-electron chi connectivity index (χ3n) is 7.37. The largest absolute Gasteiger partial charge is 0.497 e. The molecule has 1 heterocycles. The van der Waals surface area contributed by atoms with Gasteiger partial charge in [-0.15, -0.1) is 0 Å². The first-order valence-corrected chi connectivity index (χ1v) is 11.8. The molecular weight excluding hydrogens is 432 g/mol. The highest BCUT2D eigenvalue weighted by Crippen LogP contribution is 2.46. The highest BCUT2D eigenvalue weighted by atomic mass is 16.5. The number of fused-ring (bicyclic) bond motifs is 1. The van der Waals surface area contributed by atoms with Crippen molar-refractivity contribution in [3.8, 4) is 17.2 Å². The maximum atomic E-state index is 14.2. The molecule has 1 fully saturated rings. The number of carbonyl (C=O) groups is 2. The number of carbonyl (C=O) groups excluding carboxylic acids is 2. The monoisotopic (exact) mass is 466 g/mol. The van der Waals surface area contributed by atoms with Crippen LogP contribution in [0.3, 0.4) is 0 Å². The predicted octanol–water partition coefficient (Wildman–Crippen LogP) is 4.41. The number of rotatable bonds is 6. The van der Waals surface area contributed by atoms with Gasteiger partial charge in [0.2, 0.25) is 5.91 Å². The van der Waals surface area contributed by atoms with Crippen molar-refractivity contribution in [1.82, 2.24) is 9.80 Å². The Morgan fingerprint density at radius 1 is 0.941 bits per heavy atom. The van der Waals surface area contributed by atoms with Gasteiger partial charge in [0, 0.05) is 25.7 Å². The summed E-state index contributed by atoms with van der Waals surface area (Å²) in [5.41, 5.74) is 2.03. The Bertz CT molecular complexity index is 1050. The highest BCUT2D eigenvalue weighted by Gasteiger charge is 2.45. The molecule has 7 nitrogen and oxygen atoms in total. The van der Waals surface area contributed by atoms with E-state index in [4.69, 9.17) is 14.2 Å². The van der Waals surface area contributed by atoms with E-state index in [-0.39, 0.29) is 17.9 Å². The molecule has 2 atom stereocenters. The number of ether oxygens (including phenoxy) is 3. The molecule has 0 saturated heterocycles. The van der Waals surface area contributed by atoms with Crippen LogP contribution in [0.1, 0.15) is 65.5 Å². The van der Waals surface area contributed by atoms with E-state index < -0.39 is 12.0 Å². The van der Waals surface area contributed by atoms with Gasteiger partial charge in [0.15, 0.2) is 11.5 Å². The molecule has 0 bridgehead atoms. The maximum Gasteiger partial charge on any atom is 0.254 e. The number of likely N-dealkylation sites (N-methyl/N-ethyl adjacent to an activating group) is 2. The number of hydrogen-bond donors (Lipinski definition) is 0. The van der Waals surface area contributed by atoms with Gasteiger partial charge in [-0.05, 0) is 48.2 Å². The Morgan fingerprint density at radius 3 is 2.15 bits per heavy atom. The number of hydrogen-bond acceptors (Lipinski definition) is 5. The van der Waals surface area contributed by atoms with Crippen LogP contribution < -0.4 is 14.2 Å². The molecule has 1 aliphatic heterocycles. The molecule has 2 amide bonds. The molecule has 2 aliphatic rings. The van der Waals surface area contributed by atoms with Crippen LogP contribution in [-0.2, 0) is 4.79 Å². The van der Waals surface area contributed by atoms with Gasteiger partial charge in [-0.25, -0.2) is 0 Å². The summed E-state index contributed by atoms with van der Waals surface area (Å²) in [6.45, 7) is 0. The Hall–Kier alpha value is -3.22. The molecule has 1 saturated carbocycles. The summed E-state index contributed by atoms with van der Waals surface area (Å²) in [7, 11) is 8.39. The van der Waals surface area contributed by atoms with Gasteiger partial charge in [-0.3, -0.25) is 9.59 Å². The second-order valence-corrected chi connectivity index (χ2v) is 9.15. The molecule has 4 rings (SSSR count). The zero-order valence-corrected chi connectivity index (χ0v) is 20.7. The van der Waals surface area contributed by atoms with Gasteiger partial charge in [0.1, 0.15) is 5.75 Å². The first kappa shape index (κ1) is 23.9. The average molecular weight is 467 g/mol. The molecular formula is C27H34N2O5. The minimum absolute atomic E-state index is 0.0144. The van der Waals surface area contributed by atoms with Crippen LogP contribution >= 0.6 is 0 Å². The predicted molar refractivity (Wildman–Crippen MR) is 130 cm³/mol. The van der Waals surface area contributed by atoms with Crippen molar-refractivity contribution in [1.29, 1.82) is 0 Å². The third kappa shape index (κ3) is 4.19. The second kappa shape index (κ2) is 9.95. The van der Waals surface area contributed by atoms with Crippen LogP contribution in [0.2, 0.25) is 0 Å². The van der Waals surface area contributed by atoms with Crippen LogP contribution in [0.15, 0.2) is 36.4 Å². The van der Waals surface area contributed by atoms with E-state index in [9.17, 15) is 9.59 Å². The molecule has 0 unspecified atom stereocenters. The molecule has 34 heavy (non-hydrogen) atoms. The van der Waals surface area contributed by atoms with E-state index in [1.165, 1.54) is 6.42 Å². The van der Waals surface area contributed by atoms with Crippen molar-refractivity contribution in [3.63, 3.8) is 0 Å². The van der Waals surface area contributed by atoms with Crippen LogP contribution in [0.5, 0.6) is 17.2 Å². The normalized spacial score (nSPS) is 20.5. The molecule has 7 heteroatoms. The van der Waals surface area contributed by atoms with Crippen LogP contribution in [-0.4, -0.2) is 63.1 Å². The third-order valence-corrected chi connectivity index (χ3v) is 7.37. The topological polar surface area (TPSA) is 68.3 Å². The van der Waals surface area contributed by atoms with Crippen molar-refractivity contribution in [2.75, 3.05) is 35.4 Å². The molecule has 0 radical (unpaired) electrons. The zero-order valence-electron chi connectivity index (χ0n) is 20.7. The average Bonchev–Trinajstić information content (AvgIpc) is 2.89. The van der Waals surface area contributed by atoms with E-state index in [0.717, 1.165) is 37.0 Å². The molecule has 182 valence electrons. The number of amides is 2. The van der Waals surface area contributed by atoms with Crippen LogP contribution in [0, 0.1) is 0 Å². The molecule has 2 aromatic carbocycles. The first-order valence-electron chi connectivity index (χ1n) is 11.8. The number of nitrogens with zero attached hydrogens (tertiary/aromatic N) is 2. The minimum Gasteiger partial charge on any atom is -0.497 e. The number of benzene rings is 2. The van der Waals surface area contributed by atoms with Crippen molar-refractivity contribution in [2.45, 2.75) is 50.1 Å². The zero-order chi connectivity index (χ0) is 24.4. The summed E-state index contributed by atoms with van der Waals surface area (Å²) >= 11 is 0. The molecule has 0 spiro atoms. The van der Waals surface area contributed by atoms with Gasteiger partial charge in [-0.2, -0.15) is 0 Å². The highest BCUT2D eigenvalue weighted by molar-refractivity contribution is 6.02. The van der Waals surface area contributed by atoms with Gasteiger partial charge in [0.25, 0.3) is 5.91 Å². The number of methoxy groups -OCH3 is 3. The molecule has 2 aromatic rings. The minimum atomic E-state index is -0.571. The van der Waals surface area contributed by atoms with Crippen LogP contribution in [0.25, 0.3) is 0 Å². The summed E-state index contributed by atoms with van der Waals surface area (Å²) in [6.07, 6.45) is 5.50. The first-order chi connectivity index (χ1) is 16.4. The van der Waals surface area contributed by atoms with Gasteiger partial charge in [0.05, 0.1) is 33.3 Å². The smallest absolute Gasteiger partial charge is 0.254 e. The van der Waals surface area contributed by atoms with E-state index in [0.29, 0.717) is 22.6 Å². The summed E-state index contributed by atoms with van der Waals surface area (Å²) in [4.78, 5) is 31.3. The standard InChI is InChI=1S/C27H34N2O5/c1-28(18-9-7-6-8-10-18)27(31)24-20-15-22(33-4)23(34-5)16-21(20)26(30)29(2)25(24)17-11-13-19(32-3)14-12-17/h11-16,18,24-25H,6-10H2,1-5H3/t24-,25+/m0/s1. The Balaban J connectivity index is 1.85. The quantitative estimate of drug-likeness (QED) is 0.631. The van der Waals surface area contributed by atoms with Crippen LogP contribution in [0.4, 0.5) is 0 Å². The molecule has 1 aliphatic carbocycles. The lowest BCUT2D eigenvalue weighted by Gasteiger charge is -2.43. The van der Waals surface area contributed by atoms with E-state index >= 15 is 0 Å². The molecule has 0 aromatic heterocycles. The fourth-order valence-electron chi connectivity index (χ4n) is 5.40. The lowest BCUT2D eigenvalue weighted by molar-refractivity contribution is -0.135. The Labute approximate surface area is 201 Å². The summed E-state index contributed by atoms with van der Waals surface area (Å²) < 4.78 is 16.3. The summed E-state index contributed by atoms with van der Waals surface area (Å²) in [6, 6.07) is 10.8. The Kier molecular flexibility index (Phi) is 7.00. The van der Waals surface area contributed by atoms with Gasteiger partial charge in [-0.1, -0.05) is 31.4 Å². The van der Waals surface area contributed by atoms with Crippen molar-refractivity contribution in [3.05, 3.63) is 53.1 Å².